The monoisotopic (exact) mass is 206 g/mol. The Hall–Kier alpha value is -1.91. The molecule has 1 saturated heterocycles. The maximum absolute atomic E-state index is 11.2. The van der Waals surface area contributed by atoms with Gasteiger partial charge in [-0.25, -0.2) is 4.79 Å². The Morgan fingerprint density at radius 3 is 2.53 bits per heavy atom. The van der Waals surface area contributed by atoms with Crippen molar-refractivity contribution in [2.75, 3.05) is 7.05 Å². The summed E-state index contributed by atoms with van der Waals surface area (Å²) in [4.78, 5) is 27.5. The number of aliphatic carboxylic acids is 1. The molecule has 0 spiro atoms. The molecule has 5 nitrogen and oxygen atoms in total. The predicted molar refractivity (Wildman–Crippen MR) is 50.9 cm³/mol. The quantitative estimate of drug-likeness (QED) is 0.703. The van der Waals surface area contributed by atoms with Crippen molar-refractivity contribution < 1.29 is 14.7 Å². The number of rotatable bonds is 2. The first kappa shape index (κ1) is 9.64. The number of nitrogens with zero attached hydrogens (tertiary/aromatic N) is 2. The summed E-state index contributed by atoms with van der Waals surface area (Å²) in [5.74, 6) is -1.16. The molecule has 0 aliphatic carbocycles. The molecule has 1 unspecified atom stereocenters. The van der Waals surface area contributed by atoms with Gasteiger partial charge in [0.25, 0.3) is 0 Å². The minimum absolute atomic E-state index is 0.0167. The molecule has 1 fully saturated rings. The van der Waals surface area contributed by atoms with E-state index < -0.39 is 11.5 Å². The zero-order valence-electron chi connectivity index (χ0n) is 8.17. The number of likely N-dealkylation sites (N-methyl/N-ethyl adjacent to an activating group) is 1. The fourth-order valence-corrected chi connectivity index (χ4v) is 1.84. The van der Waals surface area contributed by atoms with Crippen LogP contribution in [0.4, 0.5) is 0 Å². The van der Waals surface area contributed by atoms with Crippen LogP contribution in [-0.2, 0) is 15.1 Å². The van der Waals surface area contributed by atoms with Crippen molar-refractivity contribution in [3.8, 4) is 0 Å². The lowest BCUT2D eigenvalue weighted by atomic mass is 9.78. The topological polar surface area (TPSA) is 70.5 Å². The highest BCUT2D eigenvalue weighted by molar-refractivity contribution is 5.98. The number of aromatic nitrogens is 1. The maximum Gasteiger partial charge on any atom is 0.334 e. The lowest BCUT2D eigenvalue weighted by Gasteiger charge is -2.46. The lowest BCUT2D eigenvalue weighted by Crippen LogP contribution is -2.63. The van der Waals surface area contributed by atoms with Gasteiger partial charge in [-0.15, -0.1) is 0 Å². The van der Waals surface area contributed by atoms with Crippen LogP contribution in [-0.4, -0.2) is 33.9 Å². The fraction of sp³-hybridized carbons (Fsp3) is 0.300. The number of hydrogen-bond acceptors (Lipinski definition) is 3. The minimum atomic E-state index is -1.19. The Morgan fingerprint density at radius 2 is 2.13 bits per heavy atom. The van der Waals surface area contributed by atoms with Gasteiger partial charge in [0.15, 0.2) is 5.54 Å². The summed E-state index contributed by atoms with van der Waals surface area (Å²) < 4.78 is 0. The van der Waals surface area contributed by atoms with Gasteiger partial charge in [-0.05, 0) is 17.7 Å². The van der Waals surface area contributed by atoms with E-state index in [1.54, 1.807) is 12.1 Å². The van der Waals surface area contributed by atoms with Crippen LogP contribution >= 0.6 is 0 Å². The maximum atomic E-state index is 11.2. The zero-order valence-corrected chi connectivity index (χ0v) is 8.17. The number of pyridine rings is 1. The summed E-state index contributed by atoms with van der Waals surface area (Å²) in [6.07, 6.45) is 3.07. The van der Waals surface area contributed by atoms with Crippen LogP contribution in [0.25, 0.3) is 0 Å². The average molecular weight is 206 g/mol. The van der Waals surface area contributed by atoms with E-state index in [1.165, 1.54) is 24.3 Å². The second kappa shape index (κ2) is 3.05. The number of hydrogen-bond donors (Lipinski definition) is 1. The van der Waals surface area contributed by atoms with E-state index in [0.29, 0.717) is 5.56 Å². The van der Waals surface area contributed by atoms with Crippen LogP contribution in [0.2, 0.25) is 0 Å². The van der Waals surface area contributed by atoms with Crippen LogP contribution in [0, 0.1) is 0 Å². The summed E-state index contributed by atoms with van der Waals surface area (Å²) in [6.45, 7) is 0. The van der Waals surface area contributed by atoms with Gasteiger partial charge < -0.3 is 10.0 Å². The van der Waals surface area contributed by atoms with E-state index >= 15 is 0 Å². The summed E-state index contributed by atoms with van der Waals surface area (Å²) in [5.41, 5.74) is -0.605. The van der Waals surface area contributed by atoms with Crippen molar-refractivity contribution in [1.29, 1.82) is 0 Å². The molecule has 78 valence electrons. The van der Waals surface area contributed by atoms with Crippen LogP contribution in [0.15, 0.2) is 24.5 Å². The van der Waals surface area contributed by atoms with E-state index in [-0.39, 0.29) is 12.3 Å². The summed E-state index contributed by atoms with van der Waals surface area (Å²) in [5, 5.41) is 9.21. The molecule has 0 aromatic carbocycles. The van der Waals surface area contributed by atoms with Gasteiger partial charge in [-0.1, -0.05) is 0 Å². The normalized spacial score (nSPS) is 24.9. The van der Waals surface area contributed by atoms with Crippen LogP contribution < -0.4 is 0 Å². The highest BCUT2D eigenvalue weighted by atomic mass is 16.4. The molecule has 0 radical (unpaired) electrons. The van der Waals surface area contributed by atoms with Crippen molar-refractivity contribution >= 4 is 11.9 Å². The van der Waals surface area contributed by atoms with Crippen molar-refractivity contribution in [1.82, 2.24) is 9.88 Å². The lowest BCUT2D eigenvalue weighted by molar-refractivity contribution is -0.174. The molecule has 1 aliphatic heterocycles. The Kier molecular flexibility index (Phi) is 1.96. The van der Waals surface area contributed by atoms with E-state index in [4.69, 9.17) is 0 Å². The predicted octanol–water partition coefficient (Wildman–Crippen LogP) is 0.224. The molecule has 0 saturated carbocycles. The molecule has 1 aliphatic rings. The number of likely N-dealkylation sites (tertiary alicyclic amines) is 1. The van der Waals surface area contributed by atoms with Crippen LogP contribution in [0.5, 0.6) is 0 Å². The SMILES string of the molecule is CN1C(=O)CC1(C(=O)O)c1ccncc1. The first-order chi connectivity index (χ1) is 7.09. The number of β-lactam (4-membered cyclic amide) rings is 1. The molecular weight excluding hydrogens is 196 g/mol. The van der Waals surface area contributed by atoms with Gasteiger partial charge in [0.2, 0.25) is 5.91 Å². The summed E-state index contributed by atoms with van der Waals surface area (Å²) in [7, 11) is 1.50. The second-order valence-corrected chi connectivity index (χ2v) is 3.53. The molecule has 1 amide bonds. The Labute approximate surface area is 86.3 Å². The third-order valence-electron chi connectivity index (χ3n) is 2.87. The number of carboxylic acid groups (broad SMARTS) is 1. The largest absolute Gasteiger partial charge is 0.479 e. The van der Waals surface area contributed by atoms with E-state index in [0.717, 1.165) is 0 Å². The Morgan fingerprint density at radius 1 is 1.53 bits per heavy atom. The standard InChI is InChI=1S/C10H10N2O3/c1-12-8(13)6-10(12,9(14)15)7-2-4-11-5-3-7/h2-5H,6H2,1H3,(H,14,15). The molecule has 0 bridgehead atoms. The van der Waals surface area contributed by atoms with Gasteiger partial charge in [-0.3, -0.25) is 9.78 Å². The van der Waals surface area contributed by atoms with Gasteiger partial charge in [-0.2, -0.15) is 0 Å². The molecule has 2 heterocycles. The molecule has 1 aromatic rings. The summed E-state index contributed by atoms with van der Waals surface area (Å²) >= 11 is 0. The molecule has 1 aromatic heterocycles. The third-order valence-corrected chi connectivity index (χ3v) is 2.87. The van der Waals surface area contributed by atoms with Gasteiger partial charge in [0.1, 0.15) is 0 Å². The number of amides is 1. The van der Waals surface area contributed by atoms with Crippen molar-refractivity contribution in [2.45, 2.75) is 12.0 Å². The van der Waals surface area contributed by atoms with Crippen LogP contribution in [0.1, 0.15) is 12.0 Å². The van der Waals surface area contributed by atoms with Gasteiger partial charge >= 0.3 is 5.97 Å². The molecule has 2 rings (SSSR count). The third kappa shape index (κ3) is 1.12. The fourth-order valence-electron chi connectivity index (χ4n) is 1.84. The Bertz CT molecular complexity index is 418. The first-order valence-corrected chi connectivity index (χ1v) is 4.49. The second-order valence-electron chi connectivity index (χ2n) is 3.53. The Balaban J connectivity index is 2.47. The highest BCUT2D eigenvalue weighted by Gasteiger charge is 2.56. The molecule has 15 heavy (non-hydrogen) atoms. The minimum Gasteiger partial charge on any atom is -0.479 e. The van der Waals surface area contributed by atoms with Crippen molar-refractivity contribution in [2.24, 2.45) is 0 Å². The molecular formula is C10H10N2O3. The smallest absolute Gasteiger partial charge is 0.334 e. The van der Waals surface area contributed by atoms with Gasteiger partial charge in [0.05, 0.1) is 6.42 Å². The van der Waals surface area contributed by atoms with E-state index in [1.807, 2.05) is 0 Å². The van der Waals surface area contributed by atoms with Crippen molar-refractivity contribution in [3.63, 3.8) is 0 Å². The first-order valence-electron chi connectivity index (χ1n) is 4.49. The van der Waals surface area contributed by atoms with Crippen LogP contribution in [0.3, 0.4) is 0 Å². The van der Waals surface area contributed by atoms with Crippen molar-refractivity contribution in [3.05, 3.63) is 30.1 Å². The molecule has 5 heteroatoms. The zero-order chi connectivity index (χ0) is 11.1. The average Bonchev–Trinajstić information content (AvgIpc) is 2.25. The van der Waals surface area contributed by atoms with E-state index in [9.17, 15) is 14.7 Å². The summed E-state index contributed by atoms with van der Waals surface area (Å²) in [6, 6.07) is 3.24. The number of carbonyl (C=O) groups is 2. The number of carbonyl (C=O) groups excluding carboxylic acids is 1. The van der Waals surface area contributed by atoms with Gasteiger partial charge in [0, 0.05) is 19.4 Å². The highest BCUT2D eigenvalue weighted by Crippen LogP contribution is 2.40. The molecule has 1 atom stereocenters. The van der Waals surface area contributed by atoms with E-state index in [2.05, 4.69) is 4.98 Å². The molecule has 1 N–H and O–H groups in total. The number of carboxylic acids is 1.